The number of nitrogens with one attached hydrogen (secondary N) is 1. The molecule has 0 spiro atoms. The maximum absolute atomic E-state index is 13.2. The quantitative estimate of drug-likeness (QED) is 0.903. The second-order valence-electron chi connectivity index (χ2n) is 6.54. The number of amides is 1. The van der Waals surface area contributed by atoms with E-state index < -0.39 is 17.2 Å². The first kappa shape index (κ1) is 16.5. The lowest BCUT2D eigenvalue weighted by molar-refractivity contribution is 0.0206. The number of rotatable bonds is 2. The molecule has 4 nitrogen and oxygen atoms in total. The number of piperidine rings is 1. The summed E-state index contributed by atoms with van der Waals surface area (Å²) in [6.45, 7) is 6.60. The lowest BCUT2D eigenvalue weighted by Crippen LogP contribution is -2.47. The normalized spacial score (nSPS) is 19.0. The van der Waals surface area contributed by atoms with E-state index in [0.29, 0.717) is 18.8 Å². The molecule has 6 heteroatoms. The summed E-state index contributed by atoms with van der Waals surface area (Å²) in [5.41, 5.74) is -0.0210. The van der Waals surface area contributed by atoms with Crippen LogP contribution in [0.3, 0.4) is 0 Å². The van der Waals surface area contributed by atoms with E-state index in [1.165, 1.54) is 6.07 Å². The Morgan fingerprint density at radius 2 is 2.05 bits per heavy atom. The van der Waals surface area contributed by atoms with Gasteiger partial charge in [-0.05, 0) is 45.7 Å². The highest BCUT2D eigenvalue weighted by Gasteiger charge is 2.27. The molecule has 22 heavy (non-hydrogen) atoms. The van der Waals surface area contributed by atoms with Crippen LogP contribution in [0.5, 0.6) is 0 Å². The second kappa shape index (κ2) is 6.50. The van der Waals surface area contributed by atoms with Crippen LogP contribution in [0.2, 0.25) is 0 Å². The molecule has 1 atom stereocenters. The van der Waals surface area contributed by atoms with Gasteiger partial charge in [0, 0.05) is 30.9 Å². The molecule has 122 valence electrons. The van der Waals surface area contributed by atoms with Gasteiger partial charge in [0.2, 0.25) is 0 Å². The molecule has 1 aliphatic heterocycles. The van der Waals surface area contributed by atoms with Crippen LogP contribution in [0.25, 0.3) is 0 Å². The van der Waals surface area contributed by atoms with Crippen LogP contribution in [-0.2, 0) is 4.74 Å². The van der Waals surface area contributed by atoms with Crippen LogP contribution in [0, 0.1) is 11.6 Å². The Morgan fingerprint density at radius 3 is 2.68 bits per heavy atom. The number of carbonyl (C=O) groups is 1. The molecule has 0 bridgehead atoms. The molecule has 2 rings (SSSR count). The van der Waals surface area contributed by atoms with E-state index in [0.717, 1.165) is 25.0 Å². The second-order valence-corrected chi connectivity index (χ2v) is 6.54. The van der Waals surface area contributed by atoms with E-state index in [2.05, 4.69) is 5.32 Å². The van der Waals surface area contributed by atoms with Crippen molar-refractivity contribution in [2.75, 3.05) is 18.4 Å². The van der Waals surface area contributed by atoms with Gasteiger partial charge in [-0.1, -0.05) is 0 Å². The number of ether oxygens (including phenoxy) is 1. The van der Waals surface area contributed by atoms with Gasteiger partial charge in [-0.25, -0.2) is 13.6 Å². The molecular formula is C16H22F2N2O2. The third-order valence-corrected chi connectivity index (χ3v) is 3.36. The molecule has 0 aliphatic carbocycles. The first-order valence-electron chi connectivity index (χ1n) is 7.44. The van der Waals surface area contributed by atoms with E-state index >= 15 is 0 Å². The Labute approximate surface area is 129 Å². The Balaban J connectivity index is 1.95. The number of benzene rings is 1. The Morgan fingerprint density at radius 1 is 1.32 bits per heavy atom. The highest BCUT2D eigenvalue weighted by molar-refractivity contribution is 5.68. The van der Waals surface area contributed by atoms with E-state index in [1.807, 2.05) is 20.8 Å². The van der Waals surface area contributed by atoms with Crippen molar-refractivity contribution in [2.24, 2.45) is 0 Å². The number of halogens is 2. The minimum atomic E-state index is -0.884. The fourth-order valence-corrected chi connectivity index (χ4v) is 2.41. The smallest absolute Gasteiger partial charge is 0.410 e. The van der Waals surface area contributed by atoms with Crippen LogP contribution < -0.4 is 5.32 Å². The number of nitrogens with zero attached hydrogens (tertiary/aromatic N) is 1. The predicted octanol–water partition coefficient (Wildman–Crippen LogP) is 3.78. The van der Waals surface area contributed by atoms with Gasteiger partial charge >= 0.3 is 6.09 Å². The van der Waals surface area contributed by atoms with Crippen molar-refractivity contribution in [3.8, 4) is 0 Å². The van der Waals surface area contributed by atoms with Crippen LogP contribution in [0.15, 0.2) is 18.2 Å². The molecule has 1 unspecified atom stereocenters. The number of likely N-dealkylation sites (tertiary alicyclic amines) is 1. The molecular weight excluding hydrogens is 290 g/mol. The summed E-state index contributed by atoms with van der Waals surface area (Å²) in [6, 6.07) is 3.70. The number of anilines is 1. The minimum Gasteiger partial charge on any atom is -0.444 e. The van der Waals surface area contributed by atoms with E-state index in [-0.39, 0.29) is 12.1 Å². The Bertz CT molecular complexity index is 543. The summed E-state index contributed by atoms with van der Waals surface area (Å²) in [4.78, 5) is 13.7. The maximum atomic E-state index is 13.2. The highest BCUT2D eigenvalue weighted by atomic mass is 19.2. The van der Waals surface area contributed by atoms with Gasteiger partial charge in [0.1, 0.15) is 5.60 Å². The number of carbonyl (C=O) groups excluding carboxylic acids is 1. The van der Waals surface area contributed by atoms with Crippen LogP contribution in [-0.4, -0.2) is 35.7 Å². The summed E-state index contributed by atoms with van der Waals surface area (Å²) in [5, 5.41) is 3.14. The topological polar surface area (TPSA) is 41.6 Å². The molecule has 1 amide bonds. The standard InChI is InChI=1S/C16H22F2N2O2/c1-16(2,3)22-15(21)20-8-4-5-12(10-20)19-11-6-7-13(17)14(18)9-11/h6-7,9,12,19H,4-5,8,10H2,1-3H3. The third-order valence-electron chi connectivity index (χ3n) is 3.36. The van der Waals surface area contributed by atoms with Gasteiger partial charge in [-0.3, -0.25) is 0 Å². The van der Waals surface area contributed by atoms with Crippen molar-refractivity contribution in [3.63, 3.8) is 0 Å². The summed E-state index contributed by atoms with van der Waals surface area (Å²) in [5.74, 6) is -1.76. The van der Waals surface area contributed by atoms with Crippen LogP contribution in [0.1, 0.15) is 33.6 Å². The Hall–Kier alpha value is -1.85. The predicted molar refractivity (Wildman–Crippen MR) is 80.8 cm³/mol. The highest BCUT2D eigenvalue weighted by Crippen LogP contribution is 2.20. The fraction of sp³-hybridized carbons (Fsp3) is 0.562. The van der Waals surface area contributed by atoms with Crippen molar-refractivity contribution < 1.29 is 18.3 Å². The molecule has 1 aromatic rings. The summed E-state index contributed by atoms with van der Waals surface area (Å²) < 4.78 is 31.5. The molecule has 1 aliphatic rings. The number of hydrogen-bond acceptors (Lipinski definition) is 3. The Kier molecular flexibility index (Phi) is 4.88. The average molecular weight is 312 g/mol. The minimum absolute atomic E-state index is 0.00821. The summed E-state index contributed by atoms with van der Waals surface area (Å²) in [7, 11) is 0. The monoisotopic (exact) mass is 312 g/mol. The van der Waals surface area contributed by atoms with Gasteiger partial charge in [0.15, 0.2) is 11.6 Å². The molecule has 0 aromatic heterocycles. The van der Waals surface area contributed by atoms with Gasteiger partial charge in [0.05, 0.1) is 0 Å². The lowest BCUT2D eigenvalue weighted by atomic mass is 10.1. The molecule has 1 N–H and O–H groups in total. The van der Waals surface area contributed by atoms with Gasteiger partial charge in [-0.2, -0.15) is 0 Å². The zero-order valence-corrected chi connectivity index (χ0v) is 13.2. The SMILES string of the molecule is CC(C)(C)OC(=O)N1CCCC(Nc2ccc(F)c(F)c2)C1. The molecule has 0 saturated carbocycles. The van der Waals surface area contributed by atoms with Crippen molar-refractivity contribution in [2.45, 2.75) is 45.3 Å². The van der Waals surface area contributed by atoms with E-state index in [4.69, 9.17) is 4.74 Å². The van der Waals surface area contributed by atoms with Crippen LogP contribution in [0.4, 0.5) is 19.3 Å². The molecule has 1 aromatic carbocycles. The van der Waals surface area contributed by atoms with Crippen molar-refractivity contribution in [1.29, 1.82) is 0 Å². The zero-order chi connectivity index (χ0) is 16.3. The molecule has 0 radical (unpaired) electrons. The van der Waals surface area contributed by atoms with E-state index in [1.54, 1.807) is 4.90 Å². The summed E-state index contributed by atoms with van der Waals surface area (Å²) >= 11 is 0. The van der Waals surface area contributed by atoms with Crippen molar-refractivity contribution >= 4 is 11.8 Å². The number of hydrogen-bond donors (Lipinski definition) is 1. The maximum Gasteiger partial charge on any atom is 0.410 e. The van der Waals surface area contributed by atoms with Gasteiger partial charge in [-0.15, -0.1) is 0 Å². The average Bonchev–Trinajstić information content (AvgIpc) is 2.41. The largest absolute Gasteiger partial charge is 0.444 e. The lowest BCUT2D eigenvalue weighted by Gasteiger charge is -2.34. The summed E-state index contributed by atoms with van der Waals surface area (Å²) in [6.07, 6.45) is 1.35. The van der Waals surface area contributed by atoms with E-state index in [9.17, 15) is 13.6 Å². The van der Waals surface area contributed by atoms with Gasteiger partial charge < -0.3 is 15.0 Å². The molecule has 1 fully saturated rings. The first-order valence-corrected chi connectivity index (χ1v) is 7.44. The van der Waals surface area contributed by atoms with Gasteiger partial charge in [0.25, 0.3) is 0 Å². The van der Waals surface area contributed by atoms with Crippen molar-refractivity contribution in [1.82, 2.24) is 4.90 Å². The molecule has 1 saturated heterocycles. The van der Waals surface area contributed by atoms with Crippen molar-refractivity contribution in [3.05, 3.63) is 29.8 Å². The zero-order valence-electron chi connectivity index (χ0n) is 13.2. The first-order chi connectivity index (χ1) is 10.2. The fourth-order valence-electron chi connectivity index (χ4n) is 2.41. The third kappa shape index (κ3) is 4.58. The van der Waals surface area contributed by atoms with Crippen LogP contribution >= 0.6 is 0 Å². The molecule has 1 heterocycles.